The van der Waals surface area contributed by atoms with Crippen molar-refractivity contribution in [3.05, 3.63) is 77.7 Å². The van der Waals surface area contributed by atoms with Gasteiger partial charge in [0.15, 0.2) is 0 Å². The zero-order valence-electron chi connectivity index (χ0n) is 22.6. The number of benzene rings is 1. The Kier molecular flexibility index (Phi) is 9.54. The van der Waals surface area contributed by atoms with Crippen LogP contribution in [0.5, 0.6) is 0 Å². The standard InChI is InChI=1S/C29H35N5O4/c1-6-26(35)34(15-14-31-28(37)38-29(3,4)5)25-12-10-22(16-20(25)2)24-11-9-23(19-32-24)27(36)33-18-21-8-7-13-30-17-21/h7-13,16-17,19H,6,14-15,18H2,1-5H3,(H,31,37)(H,33,36). The second-order valence-corrected chi connectivity index (χ2v) is 9.80. The highest BCUT2D eigenvalue weighted by Crippen LogP contribution is 2.27. The lowest BCUT2D eigenvalue weighted by Crippen LogP contribution is -2.40. The number of amides is 3. The lowest BCUT2D eigenvalue weighted by atomic mass is 10.0. The molecule has 9 nitrogen and oxygen atoms in total. The van der Waals surface area contributed by atoms with Crippen LogP contribution in [0.2, 0.25) is 0 Å². The molecule has 0 atom stereocenters. The number of alkyl carbamates (subject to hydrolysis) is 1. The first-order valence-electron chi connectivity index (χ1n) is 12.6. The number of anilines is 1. The number of aryl methyl sites for hydroxylation is 1. The molecule has 0 aliphatic carbocycles. The van der Waals surface area contributed by atoms with Gasteiger partial charge in [-0.2, -0.15) is 0 Å². The highest BCUT2D eigenvalue weighted by molar-refractivity contribution is 5.95. The SMILES string of the molecule is CCC(=O)N(CCNC(=O)OC(C)(C)C)c1ccc(-c2ccc(C(=O)NCc3cccnc3)cn2)cc1C. The molecule has 0 unspecified atom stereocenters. The first-order chi connectivity index (χ1) is 18.1. The van der Waals surface area contributed by atoms with Crippen molar-refractivity contribution in [3.8, 4) is 11.3 Å². The molecule has 2 aromatic heterocycles. The number of pyridine rings is 2. The molecule has 3 amide bonds. The average Bonchev–Trinajstić information content (AvgIpc) is 2.89. The van der Waals surface area contributed by atoms with Gasteiger partial charge in [0.05, 0.1) is 11.3 Å². The van der Waals surface area contributed by atoms with E-state index < -0.39 is 11.7 Å². The van der Waals surface area contributed by atoms with Gasteiger partial charge in [-0.15, -0.1) is 0 Å². The first-order valence-corrected chi connectivity index (χ1v) is 12.6. The van der Waals surface area contributed by atoms with E-state index in [2.05, 4.69) is 20.6 Å². The number of nitrogens with one attached hydrogen (secondary N) is 2. The first kappa shape index (κ1) is 28.3. The van der Waals surface area contributed by atoms with Crippen LogP contribution in [0.4, 0.5) is 10.5 Å². The average molecular weight is 518 g/mol. The lowest BCUT2D eigenvalue weighted by Gasteiger charge is -2.25. The predicted octanol–water partition coefficient (Wildman–Crippen LogP) is 4.65. The monoisotopic (exact) mass is 517 g/mol. The Balaban J connectivity index is 1.66. The van der Waals surface area contributed by atoms with Crippen LogP contribution in [0.15, 0.2) is 61.1 Å². The molecule has 9 heteroatoms. The quantitative estimate of drug-likeness (QED) is 0.427. The largest absolute Gasteiger partial charge is 0.444 e. The van der Waals surface area contributed by atoms with Gasteiger partial charge in [-0.05, 0) is 69.2 Å². The number of nitrogens with zero attached hydrogens (tertiary/aromatic N) is 3. The van der Waals surface area contributed by atoms with E-state index in [-0.39, 0.29) is 18.4 Å². The Labute approximate surface area is 223 Å². The minimum absolute atomic E-state index is 0.0494. The topological polar surface area (TPSA) is 114 Å². The number of hydrogen-bond acceptors (Lipinski definition) is 6. The molecule has 1 aromatic carbocycles. The Morgan fingerprint density at radius 1 is 1.03 bits per heavy atom. The van der Waals surface area contributed by atoms with Crippen LogP contribution in [-0.2, 0) is 16.1 Å². The van der Waals surface area contributed by atoms with Gasteiger partial charge in [0, 0.05) is 55.9 Å². The Hall–Kier alpha value is -4.27. The molecule has 0 saturated carbocycles. The van der Waals surface area contributed by atoms with Crippen molar-refractivity contribution in [2.75, 3.05) is 18.0 Å². The third-order valence-electron chi connectivity index (χ3n) is 5.59. The second-order valence-electron chi connectivity index (χ2n) is 9.80. The molecule has 0 aliphatic rings. The maximum atomic E-state index is 12.7. The van der Waals surface area contributed by atoms with Gasteiger partial charge in [-0.25, -0.2) is 4.79 Å². The smallest absolute Gasteiger partial charge is 0.407 e. The van der Waals surface area contributed by atoms with Crippen LogP contribution < -0.4 is 15.5 Å². The summed E-state index contributed by atoms with van der Waals surface area (Å²) in [4.78, 5) is 47.3. The summed E-state index contributed by atoms with van der Waals surface area (Å²) in [5.41, 5.74) is 4.01. The fourth-order valence-corrected chi connectivity index (χ4v) is 3.76. The number of hydrogen-bond donors (Lipinski definition) is 2. The Morgan fingerprint density at radius 3 is 2.42 bits per heavy atom. The number of carbonyl (C=O) groups excluding carboxylic acids is 3. The summed E-state index contributed by atoms with van der Waals surface area (Å²) in [6, 6.07) is 13.0. The van der Waals surface area contributed by atoms with Gasteiger partial charge >= 0.3 is 6.09 Å². The lowest BCUT2D eigenvalue weighted by molar-refractivity contribution is -0.118. The van der Waals surface area contributed by atoms with Gasteiger partial charge in [0.2, 0.25) is 5.91 Å². The van der Waals surface area contributed by atoms with E-state index in [9.17, 15) is 14.4 Å². The molecule has 38 heavy (non-hydrogen) atoms. The zero-order chi connectivity index (χ0) is 27.7. The Morgan fingerprint density at radius 2 is 1.82 bits per heavy atom. The number of ether oxygens (including phenoxy) is 1. The molecule has 0 spiro atoms. The van der Waals surface area contributed by atoms with Gasteiger partial charge in [0.1, 0.15) is 5.60 Å². The Bertz CT molecular complexity index is 1250. The summed E-state index contributed by atoms with van der Waals surface area (Å²) in [5, 5.41) is 5.57. The molecular formula is C29H35N5O4. The van der Waals surface area contributed by atoms with E-state index in [1.54, 1.807) is 63.3 Å². The van der Waals surface area contributed by atoms with Gasteiger partial charge in [-0.1, -0.05) is 19.1 Å². The molecular weight excluding hydrogens is 482 g/mol. The summed E-state index contributed by atoms with van der Waals surface area (Å²) < 4.78 is 5.27. The molecule has 3 aromatic rings. The summed E-state index contributed by atoms with van der Waals surface area (Å²) >= 11 is 0. The van der Waals surface area contributed by atoms with Crippen molar-refractivity contribution in [3.63, 3.8) is 0 Å². The van der Waals surface area contributed by atoms with Crippen molar-refractivity contribution in [1.82, 2.24) is 20.6 Å². The number of rotatable bonds is 9. The highest BCUT2D eigenvalue weighted by Gasteiger charge is 2.19. The van der Waals surface area contributed by atoms with Crippen LogP contribution in [-0.4, -0.2) is 46.6 Å². The summed E-state index contributed by atoms with van der Waals surface area (Å²) in [6.07, 6.45) is 4.76. The van der Waals surface area contributed by atoms with Crippen LogP contribution in [0.25, 0.3) is 11.3 Å². The van der Waals surface area contributed by atoms with E-state index in [1.807, 2.05) is 37.3 Å². The maximum absolute atomic E-state index is 12.7. The van der Waals surface area contributed by atoms with E-state index in [1.165, 1.54) is 0 Å². The van der Waals surface area contributed by atoms with Crippen molar-refractivity contribution in [2.24, 2.45) is 0 Å². The van der Waals surface area contributed by atoms with Gasteiger partial charge in [0.25, 0.3) is 5.91 Å². The number of aromatic nitrogens is 2. The number of carbonyl (C=O) groups is 3. The second kappa shape index (κ2) is 12.8. The molecule has 0 aliphatic heterocycles. The van der Waals surface area contributed by atoms with E-state index in [4.69, 9.17) is 4.74 Å². The minimum Gasteiger partial charge on any atom is -0.444 e. The van der Waals surface area contributed by atoms with E-state index in [0.29, 0.717) is 30.8 Å². The van der Waals surface area contributed by atoms with Crippen LogP contribution >= 0.6 is 0 Å². The van der Waals surface area contributed by atoms with E-state index >= 15 is 0 Å². The third kappa shape index (κ3) is 8.12. The molecule has 2 N–H and O–H groups in total. The zero-order valence-corrected chi connectivity index (χ0v) is 22.6. The van der Waals surface area contributed by atoms with Crippen molar-refractivity contribution in [2.45, 2.75) is 53.2 Å². The fourth-order valence-electron chi connectivity index (χ4n) is 3.76. The van der Waals surface area contributed by atoms with Gasteiger partial charge < -0.3 is 20.3 Å². The summed E-state index contributed by atoms with van der Waals surface area (Å²) in [6.45, 7) is 10.1. The van der Waals surface area contributed by atoms with E-state index in [0.717, 1.165) is 22.4 Å². The van der Waals surface area contributed by atoms with Crippen LogP contribution in [0, 0.1) is 6.92 Å². The predicted molar refractivity (Wildman–Crippen MR) is 147 cm³/mol. The van der Waals surface area contributed by atoms with Crippen LogP contribution in [0.1, 0.15) is 55.6 Å². The maximum Gasteiger partial charge on any atom is 0.407 e. The molecule has 2 heterocycles. The third-order valence-corrected chi connectivity index (χ3v) is 5.59. The highest BCUT2D eigenvalue weighted by atomic mass is 16.6. The van der Waals surface area contributed by atoms with Gasteiger partial charge in [-0.3, -0.25) is 19.6 Å². The summed E-state index contributed by atoms with van der Waals surface area (Å²) in [7, 11) is 0. The summed E-state index contributed by atoms with van der Waals surface area (Å²) in [5.74, 6) is -0.264. The van der Waals surface area contributed by atoms with Crippen molar-refractivity contribution in [1.29, 1.82) is 0 Å². The van der Waals surface area contributed by atoms with Crippen LogP contribution in [0.3, 0.4) is 0 Å². The molecule has 3 rings (SSSR count). The normalized spacial score (nSPS) is 11.0. The molecule has 200 valence electrons. The molecule has 0 bridgehead atoms. The minimum atomic E-state index is -0.592. The van der Waals surface area contributed by atoms with Crippen molar-refractivity contribution < 1.29 is 19.1 Å². The molecule has 0 saturated heterocycles. The van der Waals surface area contributed by atoms with Crippen molar-refractivity contribution >= 4 is 23.6 Å². The fraction of sp³-hybridized carbons (Fsp3) is 0.345. The molecule has 0 radical (unpaired) electrons. The molecule has 0 fully saturated rings.